The van der Waals surface area contributed by atoms with Gasteiger partial charge in [-0.05, 0) is 19.3 Å². The van der Waals surface area contributed by atoms with E-state index in [-0.39, 0.29) is 11.3 Å². The molecule has 0 aromatic heterocycles. The van der Waals surface area contributed by atoms with Crippen LogP contribution in [0.1, 0.15) is 51.9 Å². The van der Waals surface area contributed by atoms with Crippen LogP contribution in [0.3, 0.4) is 0 Å². The van der Waals surface area contributed by atoms with E-state index in [1.807, 2.05) is 6.92 Å². The van der Waals surface area contributed by atoms with Gasteiger partial charge in [-0.25, -0.2) is 13.1 Å². The van der Waals surface area contributed by atoms with Gasteiger partial charge in [0.25, 0.3) is 0 Å². The molecule has 1 N–H and O–H groups in total. The van der Waals surface area contributed by atoms with Gasteiger partial charge in [-0.3, -0.25) is 4.90 Å². The Bertz CT molecular complexity index is 399. The van der Waals surface area contributed by atoms with Crippen molar-refractivity contribution in [2.24, 2.45) is 0 Å². The summed E-state index contributed by atoms with van der Waals surface area (Å²) in [6, 6.07) is 0. The molecule has 1 heterocycles. The van der Waals surface area contributed by atoms with Crippen LogP contribution in [0, 0.1) is 0 Å². The van der Waals surface area contributed by atoms with E-state index < -0.39 is 10.0 Å². The van der Waals surface area contributed by atoms with E-state index in [0.717, 1.165) is 52.0 Å². The van der Waals surface area contributed by atoms with E-state index in [2.05, 4.69) is 9.62 Å². The topological polar surface area (TPSA) is 58.6 Å². The third kappa shape index (κ3) is 4.91. The average Bonchev–Trinajstić information content (AvgIpc) is 2.53. The Morgan fingerprint density at radius 2 is 1.81 bits per heavy atom. The van der Waals surface area contributed by atoms with Crippen molar-refractivity contribution in [3.8, 4) is 0 Å². The number of hydrogen-bond donors (Lipinski definition) is 1. The molecule has 0 bridgehead atoms. The Hall–Kier alpha value is -0.170. The minimum Gasteiger partial charge on any atom is -0.379 e. The molecule has 0 radical (unpaired) electrons. The average molecular weight is 318 g/mol. The molecule has 0 aromatic rings. The summed E-state index contributed by atoms with van der Waals surface area (Å²) in [5.41, 5.74) is 0.0152. The molecule has 0 spiro atoms. The highest BCUT2D eigenvalue weighted by molar-refractivity contribution is 7.89. The van der Waals surface area contributed by atoms with Crippen LogP contribution in [0.4, 0.5) is 0 Å². The van der Waals surface area contributed by atoms with Crippen molar-refractivity contribution >= 4 is 10.0 Å². The summed E-state index contributed by atoms with van der Waals surface area (Å²) in [5, 5.41) is 0. The summed E-state index contributed by atoms with van der Waals surface area (Å²) in [6.07, 6.45) is 7.53. The Labute approximate surface area is 129 Å². The highest BCUT2D eigenvalue weighted by Crippen LogP contribution is 2.34. The molecule has 0 unspecified atom stereocenters. The lowest BCUT2D eigenvalue weighted by Gasteiger charge is -2.48. The van der Waals surface area contributed by atoms with Crippen molar-refractivity contribution in [1.29, 1.82) is 0 Å². The minimum absolute atomic E-state index is 0.0152. The molecule has 1 saturated carbocycles. The zero-order chi connectivity index (χ0) is 15.2. The molecular formula is C15H30N2O3S. The van der Waals surface area contributed by atoms with Gasteiger partial charge in [0.2, 0.25) is 10.0 Å². The second kappa shape index (κ2) is 7.90. The molecule has 2 rings (SSSR count). The maximum absolute atomic E-state index is 12.1. The number of sulfonamides is 1. The van der Waals surface area contributed by atoms with Crippen molar-refractivity contribution in [3.63, 3.8) is 0 Å². The molecule has 6 heteroatoms. The number of ether oxygens (including phenoxy) is 1. The first-order chi connectivity index (χ1) is 10.1. The molecule has 5 nitrogen and oxygen atoms in total. The number of unbranched alkanes of at least 4 members (excludes halogenated alkanes) is 1. The van der Waals surface area contributed by atoms with Crippen molar-refractivity contribution in [2.45, 2.75) is 57.4 Å². The molecule has 1 aliphatic heterocycles. The van der Waals surface area contributed by atoms with Gasteiger partial charge in [-0.1, -0.05) is 32.6 Å². The van der Waals surface area contributed by atoms with Gasteiger partial charge in [0.1, 0.15) is 0 Å². The van der Waals surface area contributed by atoms with Gasteiger partial charge >= 0.3 is 0 Å². The summed E-state index contributed by atoms with van der Waals surface area (Å²) in [5.74, 6) is 0.253. The third-order valence-corrected chi connectivity index (χ3v) is 6.26. The summed E-state index contributed by atoms with van der Waals surface area (Å²) < 4.78 is 32.6. The lowest BCUT2D eigenvalue weighted by atomic mass is 9.80. The SMILES string of the molecule is CCCCS(=O)(=O)NCC1(N2CCOCC2)CCCCC1. The van der Waals surface area contributed by atoms with E-state index in [1.54, 1.807) is 0 Å². The van der Waals surface area contributed by atoms with Crippen LogP contribution in [0.5, 0.6) is 0 Å². The number of nitrogens with one attached hydrogen (secondary N) is 1. The first-order valence-corrected chi connectivity index (χ1v) is 10.0. The quantitative estimate of drug-likeness (QED) is 0.777. The molecule has 2 aliphatic rings. The number of morpholine rings is 1. The van der Waals surface area contributed by atoms with Crippen LogP contribution in [0.15, 0.2) is 0 Å². The van der Waals surface area contributed by atoms with E-state index in [4.69, 9.17) is 4.74 Å². The standard InChI is InChI=1S/C15H30N2O3S/c1-2-3-13-21(18,19)16-14-15(7-5-4-6-8-15)17-9-11-20-12-10-17/h16H,2-14H2,1H3. The number of rotatable bonds is 7. The minimum atomic E-state index is -3.13. The number of nitrogens with zero attached hydrogens (tertiary/aromatic N) is 1. The van der Waals surface area contributed by atoms with Crippen LogP contribution in [0.25, 0.3) is 0 Å². The maximum atomic E-state index is 12.1. The van der Waals surface area contributed by atoms with Gasteiger partial charge in [-0.2, -0.15) is 0 Å². The van der Waals surface area contributed by atoms with Crippen LogP contribution in [-0.2, 0) is 14.8 Å². The molecule has 1 aliphatic carbocycles. The molecule has 0 aromatic carbocycles. The first kappa shape index (κ1) is 17.2. The van der Waals surface area contributed by atoms with E-state index in [9.17, 15) is 8.42 Å². The van der Waals surface area contributed by atoms with Gasteiger partial charge in [0.05, 0.1) is 19.0 Å². The van der Waals surface area contributed by atoms with Crippen molar-refractivity contribution in [1.82, 2.24) is 9.62 Å². The molecule has 2 fully saturated rings. The third-order valence-electron chi connectivity index (χ3n) is 4.85. The second-order valence-corrected chi connectivity index (χ2v) is 8.30. The van der Waals surface area contributed by atoms with E-state index >= 15 is 0 Å². The predicted molar refractivity (Wildman–Crippen MR) is 84.9 cm³/mol. The van der Waals surface area contributed by atoms with Crippen LogP contribution in [-0.4, -0.2) is 57.5 Å². The van der Waals surface area contributed by atoms with Gasteiger partial charge < -0.3 is 4.74 Å². The van der Waals surface area contributed by atoms with Crippen molar-refractivity contribution < 1.29 is 13.2 Å². The lowest BCUT2D eigenvalue weighted by Crippen LogP contribution is -2.59. The van der Waals surface area contributed by atoms with Gasteiger partial charge in [0.15, 0.2) is 0 Å². The lowest BCUT2D eigenvalue weighted by molar-refractivity contribution is -0.0348. The van der Waals surface area contributed by atoms with E-state index in [1.165, 1.54) is 19.3 Å². The van der Waals surface area contributed by atoms with Crippen molar-refractivity contribution in [2.75, 3.05) is 38.6 Å². The monoisotopic (exact) mass is 318 g/mol. The zero-order valence-corrected chi connectivity index (χ0v) is 14.1. The Kier molecular flexibility index (Phi) is 6.47. The van der Waals surface area contributed by atoms with Crippen molar-refractivity contribution in [3.05, 3.63) is 0 Å². The number of hydrogen-bond acceptors (Lipinski definition) is 4. The highest BCUT2D eigenvalue weighted by atomic mass is 32.2. The Morgan fingerprint density at radius 3 is 2.43 bits per heavy atom. The summed E-state index contributed by atoms with van der Waals surface area (Å²) in [4.78, 5) is 2.47. The summed E-state index contributed by atoms with van der Waals surface area (Å²) in [7, 11) is -3.13. The maximum Gasteiger partial charge on any atom is 0.211 e. The fourth-order valence-corrected chi connectivity index (χ4v) is 4.80. The first-order valence-electron chi connectivity index (χ1n) is 8.38. The summed E-state index contributed by atoms with van der Waals surface area (Å²) in [6.45, 7) is 5.98. The normalized spacial score (nSPS) is 24.0. The largest absolute Gasteiger partial charge is 0.379 e. The smallest absolute Gasteiger partial charge is 0.211 e. The van der Waals surface area contributed by atoms with Crippen LogP contribution in [0.2, 0.25) is 0 Å². The Balaban J connectivity index is 1.99. The van der Waals surface area contributed by atoms with E-state index in [0.29, 0.717) is 6.54 Å². The van der Waals surface area contributed by atoms with Crippen LogP contribution >= 0.6 is 0 Å². The highest BCUT2D eigenvalue weighted by Gasteiger charge is 2.39. The molecule has 124 valence electrons. The zero-order valence-electron chi connectivity index (χ0n) is 13.3. The Morgan fingerprint density at radius 1 is 1.14 bits per heavy atom. The molecule has 1 saturated heterocycles. The molecule has 0 amide bonds. The second-order valence-electron chi connectivity index (χ2n) is 6.38. The van der Waals surface area contributed by atoms with Gasteiger partial charge in [0, 0.05) is 25.2 Å². The van der Waals surface area contributed by atoms with Gasteiger partial charge in [-0.15, -0.1) is 0 Å². The molecule has 0 atom stereocenters. The molecular weight excluding hydrogens is 288 g/mol. The fraction of sp³-hybridized carbons (Fsp3) is 1.00. The fourth-order valence-electron chi connectivity index (χ4n) is 3.50. The summed E-state index contributed by atoms with van der Waals surface area (Å²) >= 11 is 0. The predicted octanol–water partition coefficient (Wildman–Crippen LogP) is 1.74. The molecule has 21 heavy (non-hydrogen) atoms. The van der Waals surface area contributed by atoms with Crippen LogP contribution < -0.4 is 4.72 Å².